The molecule has 0 heterocycles. The highest BCUT2D eigenvalue weighted by atomic mass is 16.5. The van der Waals surface area contributed by atoms with Crippen LogP contribution in [0.5, 0.6) is 0 Å². The number of carbonyl (C=O) groups excluding carboxylic acids is 1. The van der Waals surface area contributed by atoms with Crippen LogP contribution in [0.4, 0.5) is 0 Å². The average molecular weight is 359 g/mol. The molecule has 0 aromatic carbocycles. The number of ether oxygens (including phenoxy) is 1. The van der Waals surface area contributed by atoms with Crippen LogP contribution in [-0.2, 0) is 14.3 Å². The van der Waals surface area contributed by atoms with Crippen LogP contribution in [0.1, 0.15) is 105 Å². The number of carboxylic acid groups (broad SMARTS) is 1. The molecule has 0 radical (unpaired) electrons. The second-order valence-electron chi connectivity index (χ2n) is 6.12. The first-order chi connectivity index (χ1) is 11.9. The van der Waals surface area contributed by atoms with Crippen molar-refractivity contribution in [3.63, 3.8) is 0 Å². The van der Waals surface area contributed by atoms with Crippen molar-refractivity contribution in [1.29, 1.82) is 0 Å². The quantitative estimate of drug-likeness (QED) is 0.231. The van der Waals surface area contributed by atoms with Crippen molar-refractivity contribution < 1.29 is 19.4 Å². The summed E-state index contributed by atoms with van der Waals surface area (Å²) in [7, 11) is 0. The molecule has 0 aliphatic heterocycles. The Kier molecular flexibility index (Phi) is 31.4. The number of hydrogen-bond donors (Lipinski definition) is 1. The van der Waals surface area contributed by atoms with Crippen molar-refractivity contribution in [2.24, 2.45) is 0 Å². The van der Waals surface area contributed by atoms with E-state index in [4.69, 9.17) is 14.6 Å². The summed E-state index contributed by atoms with van der Waals surface area (Å²) in [5, 5.41) is 7.42. The maximum absolute atomic E-state index is 10.4. The number of carboxylic acids is 1. The first kappa shape index (κ1) is 28.5. The second-order valence-corrected chi connectivity index (χ2v) is 6.12. The third-order valence-corrected chi connectivity index (χ3v) is 3.32. The van der Waals surface area contributed by atoms with Gasteiger partial charge < -0.3 is 9.84 Å². The lowest BCUT2D eigenvalue weighted by Crippen LogP contribution is -1.99. The van der Waals surface area contributed by atoms with Gasteiger partial charge in [-0.25, -0.2) is 0 Å². The minimum absolute atomic E-state index is 0.161. The number of rotatable bonds is 13. The average Bonchev–Trinajstić information content (AvgIpc) is 2.54. The fraction of sp³-hybridized carbons (Fsp3) is 0.810. The predicted molar refractivity (Wildman–Crippen MR) is 107 cm³/mol. The monoisotopic (exact) mass is 358 g/mol. The Morgan fingerprint density at radius 2 is 1.24 bits per heavy atom. The summed E-state index contributed by atoms with van der Waals surface area (Å²) in [5.74, 6) is -0.994. The van der Waals surface area contributed by atoms with Gasteiger partial charge in [-0.3, -0.25) is 9.59 Å². The summed E-state index contributed by atoms with van der Waals surface area (Å²) in [6.07, 6.45) is 17.4. The van der Waals surface area contributed by atoms with Gasteiger partial charge in [-0.1, -0.05) is 77.7 Å². The summed E-state index contributed by atoms with van der Waals surface area (Å²) in [4.78, 5) is 19.4. The Morgan fingerprint density at radius 3 is 1.64 bits per heavy atom. The van der Waals surface area contributed by atoms with Crippen LogP contribution in [-0.4, -0.2) is 23.7 Å². The van der Waals surface area contributed by atoms with Gasteiger partial charge in [0.15, 0.2) is 0 Å². The van der Waals surface area contributed by atoms with Gasteiger partial charge in [-0.05, 0) is 19.3 Å². The summed E-state index contributed by atoms with van der Waals surface area (Å²) in [6.45, 7) is 11.3. The molecule has 150 valence electrons. The Morgan fingerprint density at radius 1 is 0.840 bits per heavy atom. The van der Waals surface area contributed by atoms with Crippen LogP contribution in [0.3, 0.4) is 0 Å². The largest absolute Gasteiger partial charge is 0.481 e. The molecule has 4 heteroatoms. The minimum Gasteiger partial charge on any atom is -0.481 e. The van der Waals surface area contributed by atoms with Crippen molar-refractivity contribution in [3.8, 4) is 0 Å². The molecule has 25 heavy (non-hydrogen) atoms. The van der Waals surface area contributed by atoms with E-state index in [1.54, 1.807) is 0 Å². The zero-order valence-electron chi connectivity index (χ0n) is 17.1. The van der Waals surface area contributed by atoms with Gasteiger partial charge in [0.25, 0.3) is 5.97 Å². The Balaban J connectivity index is -0.000000342. The Hall–Kier alpha value is -1.32. The lowest BCUT2D eigenvalue weighted by molar-refractivity contribution is -0.141. The van der Waals surface area contributed by atoms with Crippen LogP contribution >= 0.6 is 0 Å². The van der Waals surface area contributed by atoms with Crippen LogP contribution in [0.15, 0.2) is 12.7 Å². The van der Waals surface area contributed by atoms with Crippen LogP contribution in [0, 0.1) is 0 Å². The van der Waals surface area contributed by atoms with Crippen LogP contribution in [0.25, 0.3) is 0 Å². The molecular formula is C21H42O4. The van der Waals surface area contributed by atoms with Gasteiger partial charge in [-0.15, -0.1) is 6.58 Å². The first-order valence-electron chi connectivity index (χ1n) is 9.86. The minimum atomic E-state index is -0.833. The number of allylic oxidation sites excluding steroid dienone is 1. The van der Waals surface area contributed by atoms with Crippen LogP contribution < -0.4 is 0 Å². The van der Waals surface area contributed by atoms with E-state index in [1.165, 1.54) is 77.6 Å². The molecule has 0 aromatic rings. The molecule has 4 nitrogen and oxygen atoms in total. The van der Waals surface area contributed by atoms with Gasteiger partial charge >= 0.3 is 5.97 Å². The third kappa shape index (κ3) is 51.8. The normalized spacial score (nSPS) is 9.12. The SMILES string of the molecule is C=CCCCCCC.CC(=O)O.CCCCCCCCCOC(C)=O. The van der Waals surface area contributed by atoms with E-state index in [-0.39, 0.29) is 5.97 Å². The van der Waals surface area contributed by atoms with Crippen molar-refractivity contribution in [2.75, 3.05) is 6.61 Å². The highest BCUT2D eigenvalue weighted by Gasteiger charge is 1.93. The number of unbranched alkanes of at least 4 members (excludes halogenated alkanes) is 10. The second kappa shape index (κ2) is 27.5. The topological polar surface area (TPSA) is 63.6 Å². The first-order valence-corrected chi connectivity index (χ1v) is 9.86. The van der Waals surface area contributed by atoms with E-state index in [1.807, 2.05) is 6.08 Å². The number of carbonyl (C=O) groups is 2. The number of aliphatic carboxylic acids is 1. The lowest BCUT2D eigenvalue weighted by atomic mass is 10.1. The maximum Gasteiger partial charge on any atom is 0.302 e. The van der Waals surface area contributed by atoms with E-state index in [0.717, 1.165) is 13.3 Å². The van der Waals surface area contributed by atoms with E-state index < -0.39 is 5.97 Å². The summed E-state index contributed by atoms with van der Waals surface area (Å²) >= 11 is 0. The highest BCUT2D eigenvalue weighted by Crippen LogP contribution is 2.06. The Bertz CT molecular complexity index is 284. The standard InChI is InChI=1S/C11H22O2.C8H16.C2H4O2/c1-3-4-5-6-7-8-9-10-13-11(2)12;1-3-5-7-8-6-4-2;1-2(3)4/h3-10H2,1-2H3;3H,1,4-8H2,2H3;1H3,(H,3,4). The molecule has 0 atom stereocenters. The molecule has 1 N–H and O–H groups in total. The molecule has 0 spiro atoms. The van der Waals surface area contributed by atoms with Crippen molar-refractivity contribution in [2.45, 2.75) is 105 Å². The predicted octanol–water partition coefficient (Wildman–Crippen LogP) is 6.53. The fourth-order valence-electron chi connectivity index (χ4n) is 1.99. The van der Waals surface area contributed by atoms with E-state index in [9.17, 15) is 4.79 Å². The van der Waals surface area contributed by atoms with Crippen molar-refractivity contribution in [3.05, 3.63) is 12.7 Å². The summed E-state index contributed by atoms with van der Waals surface area (Å²) < 4.78 is 4.83. The van der Waals surface area contributed by atoms with Crippen molar-refractivity contribution >= 4 is 11.9 Å². The summed E-state index contributed by atoms with van der Waals surface area (Å²) in [5.41, 5.74) is 0. The number of hydrogen-bond acceptors (Lipinski definition) is 3. The lowest BCUT2D eigenvalue weighted by Gasteiger charge is -2.01. The zero-order valence-corrected chi connectivity index (χ0v) is 17.1. The van der Waals surface area contributed by atoms with E-state index in [2.05, 4.69) is 20.4 Å². The molecule has 0 aromatic heterocycles. The molecule has 0 saturated heterocycles. The third-order valence-electron chi connectivity index (χ3n) is 3.32. The zero-order chi connectivity index (χ0) is 19.8. The molecule has 0 fully saturated rings. The number of esters is 1. The highest BCUT2D eigenvalue weighted by molar-refractivity contribution is 5.65. The molecule has 0 unspecified atom stereocenters. The molecule has 0 bridgehead atoms. The van der Waals surface area contributed by atoms with Crippen molar-refractivity contribution in [1.82, 2.24) is 0 Å². The van der Waals surface area contributed by atoms with Gasteiger partial charge in [0.05, 0.1) is 6.61 Å². The van der Waals surface area contributed by atoms with Gasteiger partial charge in [0.1, 0.15) is 0 Å². The van der Waals surface area contributed by atoms with Gasteiger partial charge in [-0.2, -0.15) is 0 Å². The molecular weight excluding hydrogens is 316 g/mol. The molecule has 0 saturated carbocycles. The van der Waals surface area contributed by atoms with E-state index >= 15 is 0 Å². The molecule has 0 rings (SSSR count). The van der Waals surface area contributed by atoms with E-state index in [0.29, 0.717) is 6.61 Å². The van der Waals surface area contributed by atoms with Crippen LogP contribution in [0.2, 0.25) is 0 Å². The fourth-order valence-corrected chi connectivity index (χ4v) is 1.99. The molecule has 0 amide bonds. The van der Waals surface area contributed by atoms with Gasteiger partial charge in [0.2, 0.25) is 0 Å². The smallest absolute Gasteiger partial charge is 0.302 e. The Labute approximate surface area is 156 Å². The van der Waals surface area contributed by atoms with Gasteiger partial charge in [0, 0.05) is 13.8 Å². The summed E-state index contributed by atoms with van der Waals surface area (Å²) in [6, 6.07) is 0. The molecule has 0 aliphatic carbocycles. The maximum atomic E-state index is 10.4. The molecule has 0 aliphatic rings.